The highest BCUT2D eigenvalue weighted by molar-refractivity contribution is 5.76. The molecule has 4 heteroatoms. The number of benzene rings is 2. The number of halogens is 1. The molecule has 0 spiro atoms. The normalized spacial score (nSPS) is 12.1. The number of carbonyl (C=O) groups is 1. The molecule has 0 aliphatic rings. The van der Waals surface area contributed by atoms with Gasteiger partial charge in [-0.3, -0.25) is 4.79 Å². The quantitative estimate of drug-likeness (QED) is 0.888. The Morgan fingerprint density at radius 1 is 1.16 bits per heavy atom. The van der Waals surface area contributed by atoms with E-state index in [2.05, 4.69) is 0 Å². The van der Waals surface area contributed by atoms with Crippen LogP contribution in [0.3, 0.4) is 0 Å². The Morgan fingerprint density at radius 3 is 2.53 bits per heavy atom. The molecule has 0 saturated carbocycles. The molecule has 2 aromatic rings. The zero-order valence-electron chi connectivity index (χ0n) is 10.1. The highest BCUT2D eigenvalue weighted by Gasteiger charge is 2.21. The first-order valence-electron chi connectivity index (χ1n) is 5.83. The van der Waals surface area contributed by atoms with Crippen LogP contribution < -0.4 is 0 Å². The predicted molar refractivity (Wildman–Crippen MR) is 68.6 cm³/mol. The van der Waals surface area contributed by atoms with Gasteiger partial charge in [0.25, 0.3) is 0 Å². The first kappa shape index (κ1) is 13.1. The molecule has 0 fully saturated rings. The van der Waals surface area contributed by atoms with Crippen molar-refractivity contribution in [2.45, 2.75) is 12.3 Å². The molecule has 2 rings (SSSR count). The molecule has 0 bridgehead atoms. The van der Waals surface area contributed by atoms with Crippen LogP contribution in [-0.2, 0) is 11.2 Å². The molecule has 1 unspecified atom stereocenters. The summed E-state index contributed by atoms with van der Waals surface area (Å²) in [6, 6.07) is 12.1. The number of carboxylic acids is 1. The lowest BCUT2D eigenvalue weighted by molar-refractivity contribution is -0.138. The largest absolute Gasteiger partial charge is 0.508 e. The molecule has 2 aromatic carbocycles. The zero-order chi connectivity index (χ0) is 13.8. The van der Waals surface area contributed by atoms with Gasteiger partial charge in [0.1, 0.15) is 11.6 Å². The zero-order valence-corrected chi connectivity index (χ0v) is 10.1. The Morgan fingerprint density at radius 2 is 1.89 bits per heavy atom. The number of hydrogen-bond donors (Lipinski definition) is 2. The molecule has 3 nitrogen and oxygen atoms in total. The summed E-state index contributed by atoms with van der Waals surface area (Å²) < 4.78 is 13.6. The number of aliphatic carboxylic acids is 1. The van der Waals surface area contributed by atoms with Crippen molar-refractivity contribution in [1.29, 1.82) is 0 Å². The van der Waals surface area contributed by atoms with Crippen LogP contribution in [0.2, 0.25) is 0 Å². The van der Waals surface area contributed by atoms with Gasteiger partial charge in [0, 0.05) is 0 Å². The van der Waals surface area contributed by atoms with Crippen LogP contribution in [0.25, 0.3) is 0 Å². The summed E-state index contributed by atoms with van der Waals surface area (Å²) in [6.45, 7) is 0. The van der Waals surface area contributed by atoms with E-state index in [1.807, 2.05) is 0 Å². The molecule has 0 saturated heterocycles. The Hall–Kier alpha value is -2.36. The summed E-state index contributed by atoms with van der Waals surface area (Å²) >= 11 is 0. The molecule has 19 heavy (non-hydrogen) atoms. The maximum Gasteiger partial charge on any atom is 0.311 e. The fourth-order valence-corrected chi connectivity index (χ4v) is 1.97. The summed E-state index contributed by atoms with van der Waals surface area (Å²) in [7, 11) is 0. The molecule has 1 atom stereocenters. The third-order valence-electron chi connectivity index (χ3n) is 2.95. The van der Waals surface area contributed by atoms with Crippen molar-refractivity contribution in [1.82, 2.24) is 0 Å². The summed E-state index contributed by atoms with van der Waals surface area (Å²) in [5.74, 6) is -2.36. The Kier molecular flexibility index (Phi) is 3.80. The van der Waals surface area contributed by atoms with Gasteiger partial charge in [-0.15, -0.1) is 0 Å². The van der Waals surface area contributed by atoms with Gasteiger partial charge in [-0.05, 0) is 35.7 Å². The average molecular weight is 260 g/mol. The van der Waals surface area contributed by atoms with Crippen LogP contribution in [-0.4, -0.2) is 16.2 Å². The van der Waals surface area contributed by atoms with Crippen molar-refractivity contribution in [3.63, 3.8) is 0 Å². The summed E-state index contributed by atoms with van der Waals surface area (Å²) in [6.07, 6.45) is 0.0471. The average Bonchev–Trinajstić information content (AvgIpc) is 2.37. The smallest absolute Gasteiger partial charge is 0.311 e. The standard InChI is InChI=1S/C15H13FO3/c16-14-7-2-1-4-11(14)9-13(15(18)19)10-5-3-6-12(17)8-10/h1-8,13,17H,9H2,(H,18,19). The summed E-state index contributed by atoms with van der Waals surface area (Å²) in [5.41, 5.74) is 0.800. The first-order chi connectivity index (χ1) is 9.08. The van der Waals surface area contributed by atoms with E-state index in [1.165, 1.54) is 18.2 Å². The van der Waals surface area contributed by atoms with E-state index in [9.17, 15) is 19.4 Å². The minimum atomic E-state index is -1.05. The minimum absolute atomic E-state index is 0.00252. The van der Waals surface area contributed by atoms with E-state index < -0.39 is 17.7 Å². The van der Waals surface area contributed by atoms with Crippen LogP contribution >= 0.6 is 0 Å². The molecule has 0 radical (unpaired) electrons. The second-order valence-electron chi connectivity index (χ2n) is 4.28. The van der Waals surface area contributed by atoms with Gasteiger partial charge in [-0.1, -0.05) is 30.3 Å². The number of rotatable bonds is 4. The van der Waals surface area contributed by atoms with E-state index in [1.54, 1.807) is 30.3 Å². The highest BCUT2D eigenvalue weighted by atomic mass is 19.1. The van der Waals surface area contributed by atoms with E-state index in [-0.39, 0.29) is 12.2 Å². The van der Waals surface area contributed by atoms with Crippen LogP contribution in [0.4, 0.5) is 4.39 Å². The summed E-state index contributed by atoms with van der Waals surface area (Å²) in [5, 5.41) is 18.7. The van der Waals surface area contributed by atoms with Crippen molar-refractivity contribution in [2.24, 2.45) is 0 Å². The Balaban J connectivity index is 2.32. The molecular weight excluding hydrogens is 247 g/mol. The maximum absolute atomic E-state index is 13.6. The van der Waals surface area contributed by atoms with Gasteiger partial charge in [0.2, 0.25) is 0 Å². The second kappa shape index (κ2) is 5.52. The first-order valence-corrected chi connectivity index (χ1v) is 5.83. The molecule has 2 N–H and O–H groups in total. The van der Waals surface area contributed by atoms with Crippen LogP contribution in [0, 0.1) is 5.82 Å². The van der Waals surface area contributed by atoms with Gasteiger partial charge >= 0.3 is 5.97 Å². The second-order valence-corrected chi connectivity index (χ2v) is 4.28. The van der Waals surface area contributed by atoms with E-state index in [0.29, 0.717) is 11.1 Å². The molecule has 0 aromatic heterocycles. The molecule has 0 aliphatic heterocycles. The van der Waals surface area contributed by atoms with E-state index >= 15 is 0 Å². The van der Waals surface area contributed by atoms with Crippen LogP contribution in [0.15, 0.2) is 48.5 Å². The van der Waals surface area contributed by atoms with E-state index in [4.69, 9.17) is 0 Å². The third-order valence-corrected chi connectivity index (χ3v) is 2.95. The number of hydrogen-bond acceptors (Lipinski definition) is 2. The van der Waals surface area contributed by atoms with Gasteiger partial charge < -0.3 is 10.2 Å². The number of aromatic hydroxyl groups is 1. The fraction of sp³-hybridized carbons (Fsp3) is 0.133. The fourth-order valence-electron chi connectivity index (χ4n) is 1.97. The topological polar surface area (TPSA) is 57.5 Å². The lowest BCUT2D eigenvalue weighted by atomic mass is 9.92. The van der Waals surface area contributed by atoms with Crippen molar-refractivity contribution < 1.29 is 19.4 Å². The maximum atomic E-state index is 13.6. The number of phenols is 1. The monoisotopic (exact) mass is 260 g/mol. The van der Waals surface area contributed by atoms with Gasteiger partial charge in [0.05, 0.1) is 5.92 Å². The Bertz CT molecular complexity index is 595. The van der Waals surface area contributed by atoms with Gasteiger partial charge in [-0.2, -0.15) is 0 Å². The molecule has 98 valence electrons. The predicted octanol–water partition coefficient (Wildman–Crippen LogP) is 2.94. The third kappa shape index (κ3) is 3.10. The molecule has 0 amide bonds. The van der Waals surface area contributed by atoms with Crippen molar-refractivity contribution in [2.75, 3.05) is 0 Å². The summed E-state index contributed by atoms with van der Waals surface area (Å²) in [4.78, 5) is 11.3. The Labute approximate surface area is 109 Å². The molecular formula is C15H13FO3. The van der Waals surface area contributed by atoms with Crippen LogP contribution in [0.1, 0.15) is 17.0 Å². The van der Waals surface area contributed by atoms with Crippen molar-refractivity contribution >= 4 is 5.97 Å². The van der Waals surface area contributed by atoms with Crippen molar-refractivity contribution in [3.8, 4) is 5.75 Å². The van der Waals surface area contributed by atoms with Crippen molar-refractivity contribution in [3.05, 3.63) is 65.5 Å². The lowest BCUT2D eigenvalue weighted by Gasteiger charge is -2.13. The van der Waals surface area contributed by atoms with Crippen LogP contribution in [0.5, 0.6) is 5.75 Å². The number of carboxylic acid groups (broad SMARTS) is 1. The molecule has 0 heterocycles. The highest BCUT2D eigenvalue weighted by Crippen LogP contribution is 2.25. The minimum Gasteiger partial charge on any atom is -0.508 e. The lowest BCUT2D eigenvalue weighted by Crippen LogP contribution is -2.15. The SMILES string of the molecule is O=C(O)C(Cc1ccccc1F)c1cccc(O)c1. The molecule has 0 aliphatic carbocycles. The van der Waals surface area contributed by atoms with Gasteiger partial charge in [0.15, 0.2) is 0 Å². The van der Waals surface area contributed by atoms with Gasteiger partial charge in [-0.25, -0.2) is 4.39 Å². The number of phenolic OH excluding ortho intramolecular Hbond substituents is 1. The van der Waals surface area contributed by atoms with E-state index in [0.717, 1.165) is 0 Å².